The number of sulfonamides is 1. The molecule has 21 heavy (non-hydrogen) atoms. The van der Waals surface area contributed by atoms with E-state index in [0.717, 1.165) is 0 Å². The number of primary sulfonamides is 1. The molecule has 0 aromatic heterocycles. The molecule has 6 nitrogen and oxygen atoms in total. The van der Waals surface area contributed by atoms with E-state index >= 15 is 0 Å². The summed E-state index contributed by atoms with van der Waals surface area (Å²) in [5.74, 6) is 0.0709. The molecule has 3 N–H and O–H groups in total. The van der Waals surface area contributed by atoms with Crippen LogP contribution >= 0.6 is 15.9 Å². The van der Waals surface area contributed by atoms with Gasteiger partial charge >= 0.3 is 0 Å². The number of amides is 1. The smallest absolute Gasteiger partial charge is 0.252 e. The molecule has 0 aliphatic heterocycles. The van der Waals surface area contributed by atoms with E-state index in [1.165, 1.54) is 18.2 Å². The van der Waals surface area contributed by atoms with Crippen LogP contribution < -0.4 is 10.5 Å². The predicted octanol–water partition coefficient (Wildman–Crippen LogP) is 0.983. The number of benzene rings is 1. The first-order valence-corrected chi connectivity index (χ1v) is 10.1. The lowest BCUT2D eigenvalue weighted by Crippen LogP contribution is -2.33. The second-order valence-corrected chi connectivity index (χ2v) is 8.60. The van der Waals surface area contributed by atoms with E-state index < -0.39 is 26.7 Å². The Morgan fingerprint density at radius 1 is 1.48 bits per heavy atom. The summed E-state index contributed by atoms with van der Waals surface area (Å²) in [5, 5.41) is 7.78. The Morgan fingerprint density at radius 2 is 2.10 bits per heavy atom. The maximum atomic E-state index is 12.1. The summed E-state index contributed by atoms with van der Waals surface area (Å²) in [6, 6.07) is 3.83. The van der Waals surface area contributed by atoms with Crippen LogP contribution in [-0.2, 0) is 20.8 Å². The first-order chi connectivity index (χ1) is 9.61. The summed E-state index contributed by atoms with van der Waals surface area (Å²) in [6.45, 7) is 1.79. The molecule has 0 radical (unpaired) electrons. The number of carbonyl (C=O) groups excluding carboxylic acids is 1. The van der Waals surface area contributed by atoms with Crippen LogP contribution in [0.5, 0.6) is 0 Å². The number of rotatable bonds is 6. The third-order valence-corrected chi connectivity index (χ3v) is 5.14. The van der Waals surface area contributed by atoms with Gasteiger partial charge in [0.05, 0.1) is 10.5 Å². The molecule has 0 fully saturated rings. The van der Waals surface area contributed by atoms with E-state index in [4.69, 9.17) is 5.14 Å². The van der Waals surface area contributed by atoms with Crippen molar-refractivity contribution in [2.45, 2.75) is 24.3 Å². The van der Waals surface area contributed by atoms with E-state index in [1.54, 1.807) is 13.2 Å². The molecule has 0 aliphatic rings. The molecule has 2 atom stereocenters. The molecule has 0 saturated heterocycles. The van der Waals surface area contributed by atoms with Crippen LogP contribution in [0.3, 0.4) is 0 Å². The Morgan fingerprint density at radius 3 is 2.62 bits per heavy atom. The van der Waals surface area contributed by atoms with Gasteiger partial charge in [0.15, 0.2) is 0 Å². The van der Waals surface area contributed by atoms with Crippen LogP contribution in [0, 0.1) is 0 Å². The van der Waals surface area contributed by atoms with E-state index in [-0.39, 0.29) is 16.5 Å². The minimum atomic E-state index is -3.87. The van der Waals surface area contributed by atoms with E-state index in [9.17, 15) is 17.4 Å². The summed E-state index contributed by atoms with van der Waals surface area (Å²) in [6.07, 6.45) is 2.17. The third kappa shape index (κ3) is 5.85. The topological polar surface area (TPSA) is 106 Å². The van der Waals surface area contributed by atoms with Crippen molar-refractivity contribution in [1.82, 2.24) is 5.32 Å². The second kappa shape index (κ2) is 7.48. The fraction of sp³-hybridized carbons (Fsp3) is 0.417. The SMILES string of the molecule is CC(CCS(C)=O)NC(=O)c1cc(S(N)(=O)=O)ccc1Br. The minimum absolute atomic E-state index is 0.127. The van der Waals surface area contributed by atoms with Gasteiger partial charge in [-0.1, -0.05) is 0 Å². The molecule has 1 rings (SSSR count). The van der Waals surface area contributed by atoms with Gasteiger partial charge < -0.3 is 5.32 Å². The van der Waals surface area contributed by atoms with Crippen LogP contribution in [0.2, 0.25) is 0 Å². The molecule has 0 saturated carbocycles. The first kappa shape index (κ1) is 18.3. The third-order valence-electron chi connectivity index (χ3n) is 2.73. The molecule has 1 aromatic carbocycles. The lowest BCUT2D eigenvalue weighted by Gasteiger charge is -2.14. The van der Waals surface area contributed by atoms with Gasteiger partial charge in [-0.3, -0.25) is 9.00 Å². The van der Waals surface area contributed by atoms with Gasteiger partial charge in [0.1, 0.15) is 0 Å². The van der Waals surface area contributed by atoms with Gasteiger partial charge in [0.2, 0.25) is 10.0 Å². The number of hydrogen-bond donors (Lipinski definition) is 2. The molecule has 0 spiro atoms. The van der Waals surface area contributed by atoms with Crippen molar-refractivity contribution in [2.75, 3.05) is 12.0 Å². The zero-order valence-corrected chi connectivity index (χ0v) is 14.8. The maximum Gasteiger partial charge on any atom is 0.252 e. The quantitative estimate of drug-likeness (QED) is 0.746. The Hall–Kier alpha value is -0.770. The fourth-order valence-corrected chi connectivity index (χ4v) is 3.22. The molecule has 0 bridgehead atoms. The largest absolute Gasteiger partial charge is 0.350 e. The fourth-order valence-electron chi connectivity index (χ4n) is 1.57. The van der Waals surface area contributed by atoms with Gasteiger partial charge in [-0.15, -0.1) is 0 Å². The van der Waals surface area contributed by atoms with Crippen LogP contribution in [0.25, 0.3) is 0 Å². The van der Waals surface area contributed by atoms with Crippen molar-refractivity contribution in [3.05, 3.63) is 28.2 Å². The summed E-state index contributed by atoms with van der Waals surface area (Å²) in [5.41, 5.74) is 0.186. The van der Waals surface area contributed by atoms with E-state index in [1.807, 2.05) is 0 Å². The average molecular weight is 397 g/mol. The zero-order chi connectivity index (χ0) is 16.2. The summed E-state index contributed by atoms with van der Waals surface area (Å²) in [7, 11) is -4.79. The monoisotopic (exact) mass is 396 g/mol. The second-order valence-electron chi connectivity index (χ2n) is 4.63. The summed E-state index contributed by atoms with van der Waals surface area (Å²) in [4.78, 5) is 12.0. The summed E-state index contributed by atoms with van der Waals surface area (Å²) < 4.78 is 34.1. The highest BCUT2D eigenvalue weighted by Crippen LogP contribution is 2.20. The highest BCUT2D eigenvalue weighted by atomic mass is 79.9. The van der Waals surface area contributed by atoms with E-state index in [0.29, 0.717) is 16.6 Å². The molecule has 0 heterocycles. The van der Waals surface area contributed by atoms with Gasteiger partial charge in [-0.25, -0.2) is 13.6 Å². The first-order valence-electron chi connectivity index (χ1n) is 6.04. The molecule has 0 aliphatic carbocycles. The van der Waals surface area contributed by atoms with Crippen molar-refractivity contribution in [3.8, 4) is 0 Å². The van der Waals surface area contributed by atoms with Gasteiger partial charge in [0.25, 0.3) is 5.91 Å². The number of nitrogens with two attached hydrogens (primary N) is 1. The number of nitrogens with one attached hydrogen (secondary N) is 1. The average Bonchev–Trinajstić information content (AvgIpc) is 2.35. The molecule has 118 valence electrons. The van der Waals surface area contributed by atoms with Crippen LogP contribution in [0.4, 0.5) is 0 Å². The Bertz CT molecular complexity index is 661. The predicted molar refractivity (Wildman–Crippen MR) is 86.0 cm³/mol. The Kier molecular flexibility index (Phi) is 6.51. The van der Waals surface area contributed by atoms with Crippen LogP contribution in [0.1, 0.15) is 23.7 Å². The minimum Gasteiger partial charge on any atom is -0.350 e. The molecular weight excluding hydrogens is 380 g/mol. The normalized spacial score (nSPS) is 14.5. The van der Waals surface area contributed by atoms with Gasteiger partial charge in [-0.05, 0) is 47.5 Å². The highest BCUT2D eigenvalue weighted by Gasteiger charge is 2.17. The molecular formula is C12H17BrN2O4S2. The van der Waals surface area contributed by atoms with Crippen molar-refractivity contribution in [1.29, 1.82) is 0 Å². The zero-order valence-electron chi connectivity index (χ0n) is 11.6. The Balaban J connectivity index is 2.89. The molecule has 2 unspecified atom stereocenters. The highest BCUT2D eigenvalue weighted by molar-refractivity contribution is 9.10. The van der Waals surface area contributed by atoms with Gasteiger partial charge in [0, 0.05) is 33.3 Å². The van der Waals surface area contributed by atoms with Crippen LogP contribution in [0.15, 0.2) is 27.6 Å². The lowest BCUT2D eigenvalue weighted by molar-refractivity contribution is 0.0938. The summed E-state index contributed by atoms with van der Waals surface area (Å²) >= 11 is 3.20. The molecule has 1 aromatic rings. The van der Waals surface area contributed by atoms with E-state index in [2.05, 4.69) is 21.2 Å². The standard InChI is InChI=1S/C12H17BrN2O4S2/c1-8(5-6-20(2)17)15-12(16)10-7-9(21(14,18)19)3-4-11(10)13/h3-4,7-8H,5-6H2,1-2H3,(H,15,16)(H2,14,18,19). The molecule has 1 amide bonds. The lowest BCUT2D eigenvalue weighted by atomic mass is 10.2. The number of carbonyl (C=O) groups is 1. The van der Waals surface area contributed by atoms with Crippen LogP contribution in [-0.4, -0.2) is 36.6 Å². The Labute approximate surface area is 135 Å². The molecule has 9 heteroatoms. The van der Waals surface area contributed by atoms with Crippen molar-refractivity contribution in [2.24, 2.45) is 5.14 Å². The van der Waals surface area contributed by atoms with Crippen molar-refractivity contribution < 1.29 is 17.4 Å². The van der Waals surface area contributed by atoms with Gasteiger partial charge in [-0.2, -0.15) is 0 Å². The number of hydrogen-bond acceptors (Lipinski definition) is 4. The number of halogens is 1. The maximum absolute atomic E-state index is 12.1. The van der Waals surface area contributed by atoms with Crippen molar-refractivity contribution in [3.63, 3.8) is 0 Å². The van der Waals surface area contributed by atoms with Crippen molar-refractivity contribution >= 4 is 42.7 Å².